The van der Waals surface area contributed by atoms with Crippen molar-refractivity contribution in [2.24, 2.45) is 4.99 Å². The van der Waals surface area contributed by atoms with Gasteiger partial charge in [-0.3, -0.25) is 9.79 Å². The van der Waals surface area contributed by atoms with Crippen LogP contribution in [0.25, 0.3) is 0 Å². The van der Waals surface area contributed by atoms with Gasteiger partial charge in [0.2, 0.25) is 11.9 Å². The second-order valence-electron chi connectivity index (χ2n) is 10.6. The summed E-state index contributed by atoms with van der Waals surface area (Å²) in [5.41, 5.74) is -0.867. The van der Waals surface area contributed by atoms with Crippen LogP contribution in [-0.2, 0) is 26.9 Å². The first-order valence-electron chi connectivity index (χ1n) is 14.5. The number of benzene rings is 1. The van der Waals surface area contributed by atoms with Crippen molar-refractivity contribution < 1.29 is 45.3 Å². The van der Waals surface area contributed by atoms with Gasteiger partial charge in [0.05, 0.1) is 50.1 Å². The summed E-state index contributed by atoms with van der Waals surface area (Å²) in [4.78, 5) is 27.9. The maximum atomic E-state index is 14.0. The summed E-state index contributed by atoms with van der Waals surface area (Å²) in [6.45, 7) is 3.16. The molecule has 4 rings (SSSR count). The number of piperazine rings is 1. The lowest BCUT2D eigenvalue weighted by Crippen LogP contribution is -2.49. The van der Waals surface area contributed by atoms with Gasteiger partial charge in [-0.2, -0.15) is 26.3 Å². The zero-order chi connectivity index (χ0) is 32.6. The van der Waals surface area contributed by atoms with Crippen LogP contribution in [0.3, 0.4) is 0 Å². The smallest absolute Gasteiger partial charge is 0.419 e. The molecule has 15 heteroatoms. The van der Waals surface area contributed by atoms with E-state index in [2.05, 4.69) is 15.0 Å². The molecule has 246 valence electrons. The summed E-state index contributed by atoms with van der Waals surface area (Å²) in [5.74, 6) is 0.308. The van der Waals surface area contributed by atoms with E-state index in [-0.39, 0.29) is 43.7 Å². The van der Waals surface area contributed by atoms with Crippen LogP contribution in [0.1, 0.15) is 37.3 Å². The van der Waals surface area contributed by atoms with Gasteiger partial charge in [-0.1, -0.05) is 19.1 Å². The second kappa shape index (κ2) is 14.9. The zero-order valence-corrected chi connectivity index (χ0v) is 24.9. The van der Waals surface area contributed by atoms with Crippen LogP contribution >= 0.6 is 0 Å². The van der Waals surface area contributed by atoms with E-state index in [0.717, 1.165) is 24.2 Å². The zero-order valence-electron chi connectivity index (χ0n) is 24.9. The summed E-state index contributed by atoms with van der Waals surface area (Å²) >= 11 is 0. The normalized spacial score (nSPS) is 18.3. The fourth-order valence-corrected chi connectivity index (χ4v) is 4.89. The number of nitrogens with zero attached hydrogens (tertiary/aromatic N) is 5. The van der Waals surface area contributed by atoms with Crippen molar-refractivity contribution in [3.63, 3.8) is 0 Å². The van der Waals surface area contributed by atoms with Crippen LogP contribution in [0.15, 0.2) is 53.0 Å². The molecule has 1 aromatic heterocycles. The first-order valence-corrected chi connectivity index (χ1v) is 14.5. The molecule has 1 aromatic carbocycles. The molecular weight excluding hydrogens is 608 g/mol. The number of ether oxygens (including phenoxy) is 3. The highest BCUT2D eigenvalue weighted by molar-refractivity contribution is 5.79. The number of hydrogen-bond donors (Lipinski definition) is 0. The van der Waals surface area contributed by atoms with E-state index in [4.69, 9.17) is 14.2 Å². The Kier molecular flexibility index (Phi) is 11.3. The highest BCUT2D eigenvalue weighted by Crippen LogP contribution is 2.36. The van der Waals surface area contributed by atoms with Crippen LogP contribution < -0.4 is 9.64 Å². The minimum atomic E-state index is -4.59. The van der Waals surface area contributed by atoms with Gasteiger partial charge < -0.3 is 24.0 Å². The van der Waals surface area contributed by atoms with Crippen molar-refractivity contribution in [2.45, 2.75) is 57.1 Å². The highest BCUT2D eigenvalue weighted by atomic mass is 19.4. The predicted molar refractivity (Wildman–Crippen MR) is 153 cm³/mol. The average molecular weight is 644 g/mol. The number of alkyl halides is 6. The molecule has 1 saturated heterocycles. The lowest BCUT2D eigenvalue weighted by molar-refractivity contribution is -0.138. The van der Waals surface area contributed by atoms with Crippen molar-refractivity contribution in [3.05, 3.63) is 59.1 Å². The Hall–Kier alpha value is -3.88. The van der Waals surface area contributed by atoms with Crippen molar-refractivity contribution >= 4 is 18.1 Å². The Morgan fingerprint density at radius 1 is 1.00 bits per heavy atom. The van der Waals surface area contributed by atoms with Gasteiger partial charge in [-0.25, -0.2) is 9.97 Å². The van der Waals surface area contributed by atoms with E-state index in [9.17, 15) is 31.1 Å². The summed E-state index contributed by atoms with van der Waals surface area (Å²) in [7, 11) is 1.54. The van der Waals surface area contributed by atoms with Gasteiger partial charge in [-0.15, -0.1) is 0 Å². The first kappa shape index (κ1) is 34.0. The topological polar surface area (TPSA) is 89.4 Å². The molecule has 0 spiro atoms. The van der Waals surface area contributed by atoms with Crippen molar-refractivity contribution in [1.29, 1.82) is 0 Å². The van der Waals surface area contributed by atoms with E-state index in [1.165, 1.54) is 7.11 Å². The summed E-state index contributed by atoms with van der Waals surface area (Å²) in [6.07, 6.45) is -6.74. The molecule has 0 saturated carbocycles. The second-order valence-corrected chi connectivity index (χ2v) is 10.6. The minimum absolute atomic E-state index is 0.0133. The Labute approximate surface area is 256 Å². The van der Waals surface area contributed by atoms with Crippen molar-refractivity contribution in [2.75, 3.05) is 51.4 Å². The Morgan fingerprint density at radius 2 is 1.67 bits per heavy atom. The molecule has 0 bridgehead atoms. The molecule has 2 aromatic rings. The average Bonchev–Trinajstić information content (AvgIpc) is 3.02. The third-order valence-electron chi connectivity index (χ3n) is 7.51. The molecule has 1 amide bonds. The van der Waals surface area contributed by atoms with Gasteiger partial charge in [0, 0.05) is 45.0 Å². The fourth-order valence-electron chi connectivity index (χ4n) is 4.89. The van der Waals surface area contributed by atoms with Crippen LogP contribution in [0.5, 0.6) is 5.75 Å². The largest absolute Gasteiger partial charge is 0.497 e. The number of methoxy groups -OCH3 is 1. The summed E-state index contributed by atoms with van der Waals surface area (Å²) in [6, 6.07) is 6.50. The number of hydrogen-bond acceptors (Lipinski definition) is 8. The molecule has 2 atom stereocenters. The fraction of sp³-hybridized carbons (Fsp3) is 0.533. The Bertz CT molecular complexity index is 1320. The minimum Gasteiger partial charge on any atom is -0.497 e. The SMILES string of the molecule is CC[C@@H](COCCC(=O)N1CCN(c2ncc(C(F)(F)F)cn2)CC1)OC1=C(C(F)(F)F)CC(Cc2ccc(OC)cc2)N=C1. The van der Waals surface area contributed by atoms with Crippen molar-refractivity contribution in [1.82, 2.24) is 14.9 Å². The van der Waals surface area contributed by atoms with Gasteiger partial charge in [-0.05, 0) is 30.5 Å². The van der Waals surface area contributed by atoms with Crippen LogP contribution in [-0.4, -0.2) is 91.8 Å². The molecule has 0 N–H and O–H groups in total. The number of carbonyl (C=O) groups excluding carboxylic acids is 1. The number of carbonyl (C=O) groups is 1. The van der Waals surface area contributed by atoms with Gasteiger partial charge in [0.1, 0.15) is 17.6 Å². The molecule has 0 radical (unpaired) electrons. The summed E-state index contributed by atoms with van der Waals surface area (Å²) in [5, 5.41) is 0. The number of aliphatic imine (C=N–C) groups is 1. The third-order valence-corrected chi connectivity index (χ3v) is 7.51. The Balaban J connectivity index is 1.21. The summed E-state index contributed by atoms with van der Waals surface area (Å²) < 4.78 is 96.6. The van der Waals surface area contributed by atoms with Crippen LogP contribution in [0, 0.1) is 0 Å². The molecule has 45 heavy (non-hydrogen) atoms. The van der Waals surface area contributed by atoms with E-state index in [1.54, 1.807) is 41.0 Å². The molecule has 2 aliphatic rings. The van der Waals surface area contributed by atoms with E-state index < -0.39 is 35.6 Å². The Morgan fingerprint density at radius 3 is 2.24 bits per heavy atom. The van der Waals surface area contributed by atoms with E-state index >= 15 is 0 Å². The standard InChI is InChI=1S/C30H35F6N5O4/c1-3-23(45-26-18-37-22(15-25(26)30(34,35)36)14-20-4-6-24(43-2)7-5-20)19-44-13-8-27(42)40-9-11-41(12-10-40)28-38-16-21(17-39-28)29(31,32)33/h4-7,16-18,22-23H,3,8-15,19H2,1-2H3/t22?,23-/m0/s1. The first-order chi connectivity index (χ1) is 21.4. The quantitative estimate of drug-likeness (QED) is 0.231. The van der Waals surface area contributed by atoms with E-state index in [0.29, 0.717) is 44.8 Å². The van der Waals surface area contributed by atoms with Gasteiger partial charge in [0.25, 0.3) is 0 Å². The number of allylic oxidation sites excluding steroid dienone is 1. The van der Waals surface area contributed by atoms with Crippen LogP contribution in [0.2, 0.25) is 0 Å². The number of dihydropyridines is 1. The maximum absolute atomic E-state index is 14.0. The molecule has 3 heterocycles. The molecule has 0 aliphatic carbocycles. The predicted octanol–water partition coefficient (Wildman–Crippen LogP) is 5.26. The van der Waals surface area contributed by atoms with Crippen LogP contribution in [0.4, 0.5) is 32.3 Å². The highest BCUT2D eigenvalue weighted by Gasteiger charge is 2.40. The monoisotopic (exact) mass is 643 g/mol. The molecule has 9 nitrogen and oxygen atoms in total. The molecule has 1 unspecified atom stereocenters. The lowest BCUT2D eigenvalue weighted by atomic mass is 9.96. The van der Waals surface area contributed by atoms with Crippen molar-refractivity contribution in [3.8, 4) is 5.75 Å². The number of rotatable bonds is 12. The van der Waals surface area contributed by atoms with Gasteiger partial charge >= 0.3 is 12.4 Å². The molecule has 2 aliphatic heterocycles. The molecule has 1 fully saturated rings. The third kappa shape index (κ3) is 9.55. The number of halogens is 6. The number of anilines is 1. The van der Waals surface area contributed by atoms with Gasteiger partial charge in [0.15, 0.2) is 0 Å². The number of amides is 1. The lowest BCUT2D eigenvalue weighted by Gasteiger charge is -2.34. The maximum Gasteiger partial charge on any atom is 0.419 e. The van der Waals surface area contributed by atoms with E-state index in [1.807, 2.05) is 0 Å². The molecular formula is C30H35F6N5O4. The number of aromatic nitrogens is 2.